The zero-order valence-electron chi connectivity index (χ0n) is 10.6. The molecule has 0 spiro atoms. The van der Waals surface area contributed by atoms with Gasteiger partial charge >= 0.3 is 0 Å². The zero-order chi connectivity index (χ0) is 14.8. The summed E-state index contributed by atoms with van der Waals surface area (Å²) in [5.74, 6) is -0.355. The Bertz CT molecular complexity index is 712. The molecule has 1 heterocycles. The van der Waals surface area contributed by atoms with Crippen LogP contribution in [0.4, 0.5) is 4.39 Å². The number of aryl methyl sites for hydroxylation is 1. The number of benzene rings is 1. The highest BCUT2D eigenvalue weighted by atomic mass is 32.2. The number of aromatic nitrogens is 1. The molecule has 6 nitrogen and oxygen atoms in total. The van der Waals surface area contributed by atoms with Gasteiger partial charge in [-0.2, -0.15) is 0 Å². The highest BCUT2D eigenvalue weighted by Crippen LogP contribution is 2.17. The molecule has 20 heavy (non-hydrogen) atoms. The van der Waals surface area contributed by atoms with Crippen molar-refractivity contribution in [3.63, 3.8) is 0 Å². The molecule has 0 saturated heterocycles. The zero-order valence-corrected chi connectivity index (χ0v) is 11.4. The number of hydrogen-bond donors (Lipinski definition) is 2. The molecule has 0 atom stereocenters. The Hall–Kier alpha value is -1.77. The van der Waals surface area contributed by atoms with Crippen molar-refractivity contribution in [1.29, 1.82) is 0 Å². The summed E-state index contributed by atoms with van der Waals surface area (Å²) < 4.78 is 44.5. The molecule has 0 aliphatic carbocycles. The van der Waals surface area contributed by atoms with Crippen molar-refractivity contribution in [1.82, 2.24) is 9.88 Å². The van der Waals surface area contributed by atoms with E-state index in [4.69, 9.17) is 9.63 Å². The van der Waals surface area contributed by atoms with Crippen molar-refractivity contribution in [3.05, 3.63) is 47.1 Å². The van der Waals surface area contributed by atoms with Gasteiger partial charge in [0.15, 0.2) is 5.76 Å². The summed E-state index contributed by atoms with van der Waals surface area (Å²) in [4.78, 5) is -0.295. The van der Waals surface area contributed by atoms with Gasteiger partial charge in [0, 0.05) is 6.07 Å². The standard InChI is InChI=1S/C12H13FN2O4S/c1-8-4-11(19-15-8)6-14-20(17,18)12-5-10(13)3-2-9(12)7-16/h2-5,14,16H,6-7H2,1H3. The van der Waals surface area contributed by atoms with Crippen LogP contribution in [0.15, 0.2) is 33.7 Å². The van der Waals surface area contributed by atoms with Gasteiger partial charge in [-0.05, 0) is 24.6 Å². The molecule has 0 unspecified atom stereocenters. The topological polar surface area (TPSA) is 92.4 Å². The lowest BCUT2D eigenvalue weighted by Gasteiger charge is -2.09. The molecule has 0 bridgehead atoms. The number of hydrogen-bond acceptors (Lipinski definition) is 5. The van der Waals surface area contributed by atoms with Crippen LogP contribution in [0, 0.1) is 12.7 Å². The van der Waals surface area contributed by atoms with Crippen molar-refractivity contribution in [2.45, 2.75) is 25.0 Å². The normalized spacial score (nSPS) is 11.8. The number of halogens is 1. The Morgan fingerprint density at radius 1 is 1.40 bits per heavy atom. The highest BCUT2D eigenvalue weighted by molar-refractivity contribution is 7.89. The van der Waals surface area contributed by atoms with Crippen molar-refractivity contribution >= 4 is 10.0 Å². The number of aliphatic hydroxyl groups excluding tert-OH is 1. The van der Waals surface area contributed by atoms with E-state index in [1.54, 1.807) is 13.0 Å². The van der Waals surface area contributed by atoms with Gasteiger partial charge in [-0.25, -0.2) is 17.5 Å². The predicted molar refractivity (Wildman–Crippen MR) is 67.6 cm³/mol. The number of aliphatic hydroxyl groups is 1. The van der Waals surface area contributed by atoms with Gasteiger partial charge in [0.05, 0.1) is 23.7 Å². The fourth-order valence-corrected chi connectivity index (χ4v) is 2.89. The van der Waals surface area contributed by atoms with Gasteiger partial charge in [0.1, 0.15) is 5.82 Å². The molecule has 1 aromatic heterocycles. The summed E-state index contributed by atoms with van der Waals surface area (Å²) in [6.07, 6.45) is 0. The molecule has 0 aliphatic heterocycles. The molecule has 2 rings (SSSR count). The molecule has 2 N–H and O–H groups in total. The lowest BCUT2D eigenvalue weighted by molar-refractivity contribution is 0.278. The molecule has 0 radical (unpaired) electrons. The van der Waals surface area contributed by atoms with Gasteiger partial charge in [-0.3, -0.25) is 0 Å². The van der Waals surface area contributed by atoms with E-state index in [1.807, 2.05) is 0 Å². The van der Waals surface area contributed by atoms with Crippen LogP contribution in [0.25, 0.3) is 0 Å². The van der Waals surface area contributed by atoms with Crippen molar-refractivity contribution in [3.8, 4) is 0 Å². The summed E-state index contributed by atoms with van der Waals surface area (Å²) in [5.41, 5.74) is 0.744. The van der Waals surface area contributed by atoms with Gasteiger partial charge in [-0.1, -0.05) is 11.2 Å². The Morgan fingerprint density at radius 2 is 2.15 bits per heavy atom. The number of nitrogens with zero attached hydrogens (tertiary/aromatic N) is 1. The van der Waals surface area contributed by atoms with E-state index in [2.05, 4.69) is 9.88 Å². The molecule has 0 saturated carbocycles. The molecule has 0 fully saturated rings. The molecule has 8 heteroatoms. The van der Waals surface area contributed by atoms with Crippen LogP contribution in [0.1, 0.15) is 17.0 Å². The first-order chi connectivity index (χ1) is 9.42. The van der Waals surface area contributed by atoms with Gasteiger partial charge in [-0.15, -0.1) is 0 Å². The minimum Gasteiger partial charge on any atom is -0.392 e. The molecular weight excluding hydrogens is 287 g/mol. The van der Waals surface area contributed by atoms with E-state index >= 15 is 0 Å². The second-order valence-electron chi connectivity index (χ2n) is 4.17. The van der Waals surface area contributed by atoms with E-state index in [1.165, 1.54) is 6.07 Å². The SMILES string of the molecule is Cc1cc(CNS(=O)(=O)c2cc(F)ccc2CO)on1. The third-order valence-corrected chi connectivity index (χ3v) is 4.09. The first kappa shape index (κ1) is 14.6. The van der Waals surface area contributed by atoms with E-state index in [9.17, 15) is 12.8 Å². The number of rotatable bonds is 5. The van der Waals surface area contributed by atoms with Crippen LogP contribution in [0.3, 0.4) is 0 Å². The second-order valence-corrected chi connectivity index (χ2v) is 5.90. The van der Waals surface area contributed by atoms with Crippen LogP contribution in [0.2, 0.25) is 0 Å². The third kappa shape index (κ3) is 3.21. The summed E-state index contributed by atoms with van der Waals surface area (Å²) in [6, 6.07) is 4.76. The monoisotopic (exact) mass is 300 g/mol. The smallest absolute Gasteiger partial charge is 0.241 e. The van der Waals surface area contributed by atoms with Crippen LogP contribution < -0.4 is 4.72 Å². The van der Waals surface area contributed by atoms with Crippen LogP contribution in [-0.2, 0) is 23.2 Å². The van der Waals surface area contributed by atoms with Crippen molar-refractivity contribution < 1.29 is 22.4 Å². The van der Waals surface area contributed by atoms with Crippen molar-refractivity contribution in [2.75, 3.05) is 0 Å². The molecule has 0 amide bonds. The van der Waals surface area contributed by atoms with E-state index in [-0.39, 0.29) is 17.0 Å². The number of nitrogens with one attached hydrogen (secondary N) is 1. The van der Waals surface area contributed by atoms with Gasteiger partial charge in [0.25, 0.3) is 0 Å². The maximum atomic E-state index is 13.2. The average Bonchev–Trinajstić information content (AvgIpc) is 2.82. The third-order valence-electron chi connectivity index (χ3n) is 2.60. The summed E-state index contributed by atoms with van der Waals surface area (Å²) in [6.45, 7) is 1.10. The Morgan fingerprint density at radius 3 is 2.75 bits per heavy atom. The molecule has 2 aromatic rings. The lowest BCUT2D eigenvalue weighted by Crippen LogP contribution is -2.24. The van der Waals surface area contributed by atoms with E-state index in [0.29, 0.717) is 11.5 Å². The minimum atomic E-state index is -3.95. The summed E-state index contributed by atoms with van der Waals surface area (Å²) >= 11 is 0. The Balaban J connectivity index is 2.24. The van der Waals surface area contributed by atoms with Gasteiger partial charge in [0.2, 0.25) is 10.0 Å². The van der Waals surface area contributed by atoms with E-state index in [0.717, 1.165) is 12.1 Å². The maximum absolute atomic E-state index is 13.2. The molecular formula is C12H13FN2O4S. The first-order valence-corrected chi connectivity index (χ1v) is 7.22. The summed E-state index contributed by atoms with van der Waals surface area (Å²) in [5, 5.41) is 12.7. The Kier molecular flexibility index (Phi) is 4.17. The summed E-state index contributed by atoms with van der Waals surface area (Å²) in [7, 11) is -3.95. The van der Waals surface area contributed by atoms with Crippen LogP contribution >= 0.6 is 0 Å². The van der Waals surface area contributed by atoms with Crippen LogP contribution in [0.5, 0.6) is 0 Å². The minimum absolute atomic E-state index is 0.107. The van der Waals surface area contributed by atoms with E-state index < -0.39 is 22.4 Å². The van der Waals surface area contributed by atoms with Crippen molar-refractivity contribution in [2.24, 2.45) is 0 Å². The molecule has 0 aliphatic rings. The second kappa shape index (κ2) is 5.70. The maximum Gasteiger partial charge on any atom is 0.241 e. The lowest BCUT2D eigenvalue weighted by atomic mass is 10.2. The predicted octanol–water partition coefficient (Wildman–Crippen LogP) is 1.09. The molecule has 1 aromatic carbocycles. The highest BCUT2D eigenvalue weighted by Gasteiger charge is 2.19. The fraction of sp³-hybridized carbons (Fsp3) is 0.250. The fourth-order valence-electron chi connectivity index (χ4n) is 1.65. The largest absolute Gasteiger partial charge is 0.392 e. The Labute approximate surface area is 115 Å². The average molecular weight is 300 g/mol. The number of sulfonamides is 1. The quantitative estimate of drug-likeness (QED) is 0.862. The van der Waals surface area contributed by atoms with Crippen LogP contribution in [-0.4, -0.2) is 18.7 Å². The molecule has 108 valence electrons. The first-order valence-electron chi connectivity index (χ1n) is 5.73. The van der Waals surface area contributed by atoms with Gasteiger partial charge < -0.3 is 9.63 Å².